The summed E-state index contributed by atoms with van der Waals surface area (Å²) in [6.07, 6.45) is 0. The molecule has 1 amide bonds. The standard InChI is InChI=1S/C13H20N2OS/c1-4-17-8-10(3)15-13(16)11-6-5-9(2)12(14)7-11/h5-7,10H,4,8,14H2,1-3H3,(H,15,16). The van der Waals surface area contributed by atoms with Crippen molar-refractivity contribution in [3.8, 4) is 0 Å². The molecule has 0 aromatic heterocycles. The van der Waals surface area contributed by atoms with E-state index in [9.17, 15) is 4.79 Å². The monoisotopic (exact) mass is 252 g/mol. The van der Waals surface area contributed by atoms with Gasteiger partial charge < -0.3 is 11.1 Å². The highest BCUT2D eigenvalue weighted by Gasteiger charge is 2.10. The van der Waals surface area contributed by atoms with Crippen LogP contribution in [-0.2, 0) is 0 Å². The number of anilines is 1. The lowest BCUT2D eigenvalue weighted by Crippen LogP contribution is -2.34. The molecular weight excluding hydrogens is 232 g/mol. The minimum Gasteiger partial charge on any atom is -0.398 e. The van der Waals surface area contributed by atoms with Crippen LogP contribution >= 0.6 is 11.8 Å². The summed E-state index contributed by atoms with van der Waals surface area (Å²) in [4.78, 5) is 11.9. The third-order valence-electron chi connectivity index (χ3n) is 2.49. The van der Waals surface area contributed by atoms with E-state index in [-0.39, 0.29) is 11.9 Å². The smallest absolute Gasteiger partial charge is 0.251 e. The van der Waals surface area contributed by atoms with E-state index in [0.717, 1.165) is 17.1 Å². The highest BCUT2D eigenvalue weighted by atomic mass is 32.2. The van der Waals surface area contributed by atoms with E-state index in [2.05, 4.69) is 12.2 Å². The highest BCUT2D eigenvalue weighted by Crippen LogP contribution is 2.13. The fraction of sp³-hybridized carbons (Fsp3) is 0.462. The van der Waals surface area contributed by atoms with Crippen LogP contribution in [0, 0.1) is 6.92 Å². The van der Waals surface area contributed by atoms with Crippen molar-refractivity contribution in [2.75, 3.05) is 17.2 Å². The number of hydrogen-bond donors (Lipinski definition) is 2. The van der Waals surface area contributed by atoms with Gasteiger partial charge in [-0.25, -0.2) is 0 Å². The summed E-state index contributed by atoms with van der Waals surface area (Å²) in [6, 6.07) is 5.58. The van der Waals surface area contributed by atoms with Gasteiger partial charge in [0.2, 0.25) is 0 Å². The van der Waals surface area contributed by atoms with Gasteiger partial charge >= 0.3 is 0 Å². The lowest BCUT2D eigenvalue weighted by Gasteiger charge is -2.13. The van der Waals surface area contributed by atoms with Gasteiger partial charge in [-0.05, 0) is 37.3 Å². The first kappa shape index (κ1) is 13.9. The molecule has 1 rings (SSSR count). The SMILES string of the molecule is CCSCC(C)NC(=O)c1ccc(C)c(N)c1. The van der Waals surface area contributed by atoms with Gasteiger partial charge in [-0.1, -0.05) is 13.0 Å². The Morgan fingerprint density at radius 2 is 2.24 bits per heavy atom. The van der Waals surface area contributed by atoms with Crippen molar-refractivity contribution >= 4 is 23.4 Å². The van der Waals surface area contributed by atoms with Crippen molar-refractivity contribution in [3.63, 3.8) is 0 Å². The van der Waals surface area contributed by atoms with Crippen molar-refractivity contribution in [2.45, 2.75) is 26.8 Å². The highest BCUT2D eigenvalue weighted by molar-refractivity contribution is 7.99. The van der Waals surface area contributed by atoms with E-state index < -0.39 is 0 Å². The zero-order chi connectivity index (χ0) is 12.8. The predicted octanol–water partition coefficient (Wildman–Crippen LogP) is 2.45. The second-order valence-corrected chi connectivity index (χ2v) is 5.42. The largest absolute Gasteiger partial charge is 0.398 e. The molecule has 0 radical (unpaired) electrons. The fourth-order valence-corrected chi connectivity index (χ4v) is 2.10. The van der Waals surface area contributed by atoms with Crippen LogP contribution in [0.3, 0.4) is 0 Å². The molecule has 0 spiro atoms. The molecule has 1 unspecified atom stereocenters. The first-order valence-corrected chi connectivity index (χ1v) is 6.94. The minimum atomic E-state index is -0.0547. The normalized spacial score (nSPS) is 12.2. The molecule has 3 nitrogen and oxygen atoms in total. The molecule has 3 N–H and O–H groups in total. The Hall–Kier alpha value is -1.16. The van der Waals surface area contributed by atoms with Crippen LogP contribution in [0.15, 0.2) is 18.2 Å². The van der Waals surface area contributed by atoms with E-state index in [1.165, 1.54) is 0 Å². The van der Waals surface area contributed by atoms with Gasteiger partial charge in [-0.2, -0.15) is 11.8 Å². The number of carbonyl (C=O) groups is 1. The van der Waals surface area contributed by atoms with Crippen molar-refractivity contribution in [3.05, 3.63) is 29.3 Å². The molecule has 4 heteroatoms. The van der Waals surface area contributed by atoms with Crippen molar-refractivity contribution in [2.24, 2.45) is 0 Å². The van der Waals surface area contributed by atoms with Gasteiger partial charge in [0.15, 0.2) is 0 Å². The Labute approximate surface area is 107 Å². The Morgan fingerprint density at radius 1 is 1.53 bits per heavy atom. The van der Waals surface area contributed by atoms with Crippen LogP contribution in [0.4, 0.5) is 5.69 Å². The number of aryl methyl sites for hydroxylation is 1. The summed E-state index contributed by atoms with van der Waals surface area (Å²) in [7, 11) is 0. The summed E-state index contributed by atoms with van der Waals surface area (Å²) in [5.74, 6) is 1.95. The van der Waals surface area contributed by atoms with Crippen LogP contribution in [0.1, 0.15) is 29.8 Å². The van der Waals surface area contributed by atoms with Gasteiger partial charge in [-0.3, -0.25) is 4.79 Å². The summed E-state index contributed by atoms with van der Waals surface area (Å²) in [6.45, 7) is 6.05. The van der Waals surface area contributed by atoms with Gasteiger partial charge in [-0.15, -0.1) is 0 Å². The maximum atomic E-state index is 11.9. The molecule has 0 aliphatic heterocycles. The van der Waals surface area contributed by atoms with Gasteiger partial charge in [0.1, 0.15) is 0 Å². The molecule has 17 heavy (non-hydrogen) atoms. The van der Waals surface area contributed by atoms with Crippen LogP contribution in [0.25, 0.3) is 0 Å². The maximum Gasteiger partial charge on any atom is 0.251 e. The summed E-state index contributed by atoms with van der Waals surface area (Å²) in [5, 5.41) is 2.96. The zero-order valence-electron chi connectivity index (χ0n) is 10.6. The number of benzene rings is 1. The summed E-state index contributed by atoms with van der Waals surface area (Å²) in [5.41, 5.74) is 8.07. The molecule has 0 saturated carbocycles. The van der Waals surface area contributed by atoms with Gasteiger partial charge in [0, 0.05) is 23.0 Å². The number of rotatable bonds is 5. The molecule has 0 saturated heterocycles. The van der Waals surface area contributed by atoms with Crippen LogP contribution in [0.5, 0.6) is 0 Å². The Bertz CT molecular complexity index is 393. The molecule has 0 fully saturated rings. The van der Waals surface area contributed by atoms with E-state index in [4.69, 9.17) is 5.73 Å². The number of nitrogen functional groups attached to an aromatic ring is 1. The van der Waals surface area contributed by atoms with E-state index in [1.807, 2.05) is 31.7 Å². The lowest BCUT2D eigenvalue weighted by atomic mass is 10.1. The molecule has 1 aromatic rings. The second kappa shape index (κ2) is 6.55. The van der Waals surface area contributed by atoms with Crippen LogP contribution in [-0.4, -0.2) is 23.5 Å². The first-order valence-electron chi connectivity index (χ1n) is 5.79. The van der Waals surface area contributed by atoms with Crippen molar-refractivity contribution in [1.82, 2.24) is 5.32 Å². The quantitative estimate of drug-likeness (QED) is 0.791. The Kier molecular flexibility index (Phi) is 5.35. The molecule has 0 aliphatic rings. The van der Waals surface area contributed by atoms with Crippen molar-refractivity contribution in [1.29, 1.82) is 0 Å². The maximum absolute atomic E-state index is 11.9. The number of thioether (sulfide) groups is 1. The fourth-order valence-electron chi connectivity index (χ4n) is 1.43. The summed E-state index contributed by atoms with van der Waals surface area (Å²) >= 11 is 1.82. The van der Waals surface area contributed by atoms with E-state index in [1.54, 1.807) is 12.1 Å². The molecule has 94 valence electrons. The predicted molar refractivity (Wildman–Crippen MR) is 75.5 cm³/mol. The molecule has 1 aromatic carbocycles. The molecule has 0 bridgehead atoms. The molecule has 0 aliphatic carbocycles. The Morgan fingerprint density at radius 3 is 2.82 bits per heavy atom. The van der Waals surface area contributed by atoms with Gasteiger partial charge in [0.25, 0.3) is 5.91 Å². The number of carbonyl (C=O) groups excluding carboxylic acids is 1. The van der Waals surface area contributed by atoms with Crippen LogP contribution in [0.2, 0.25) is 0 Å². The number of nitrogens with two attached hydrogens (primary N) is 1. The average molecular weight is 252 g/mol. The number of hydrogen-bond acceptors (Lipinski definition) is 3. The third kappa shape index (κ3) is 4.30. The Balaban J connectivity index is 2.60. The molecule has 1 atom stereocenters. The first-order chi connectivity index (χ1) is 8.04. The molecular formula is C13H20N2OS. The van der Waals surface area contributed by atoms with E-state index in [0.29, 0.717) is 11.3 Å². The average Bonchev–Trinajstić information content (AvgIpc) is 2.30. The second-order valence-electron chi connectivity index (χ2n) is 4.11. The molecule has 0 heterocycles. The zero-order valence-corrected chi connectivity index (χ0v) is 11.4. The summed E-state index contributed by atoms with van der Waals surface area (Å²) < 4.78 is 0. The minimum absolute atomic E-state index is 0.0547. The number of amides is 1. The van der Waals surface area contributed by atoms with Crippen molar-refractivity contribution < 1.29 is 4.79 Å². The lowest BCUT2D eigenvalue weighted by molar-refractivity contribution is 0.0944. The van der Waals surface area contributed by atoms with Gasteiger partial charge in [0.05, 0.1) is 0 Å². The number of nitrogens with one attached hydrogen (secondary N) is 1. The topological polar surface area (TPSA) is 55.1 Å². The van der Waals surface area contributed by atoms with Crippen LogP contribution < -0.4 is 11.1 Å². The van der Waals surface area contributed by atoms with E-state index >= 15 is 0 Å². The third-order valence-corrected chi connectivity index (χ3v) is 3.63.